The van der Waals surface area contributed by atoms with Crippen LogP contribution in [0.15, 0.2) is 42.5 Å². The van der Waals surface area contributed by atoms with Crippen molar-refractivity contribution in [3.8, 4) is 5.75 Å². The second kappa shape index (κ2) is 6.23. The van der Waals surface area contributed by atoms with E-state index >= 15 is 0 Å². The van der Waals surface area contributed by atoms with E-state index in [-0.39, 0.29) is 5.82 Å². The van der Waals surface area contributed by atoms with Crippen LogP contribution in [-0.2, 0) is 0 Å². The van der Waals surface area contributed by atoms with E-state index in [4.69, 9.17) is 4.74 Å². The molecule has 0 radical (unpaired) electrons. The molecule has 0 spiro atoms. The zero-order chi connectivity index (χ0) is 13.7. The van der Waals surface area contributed by atoms with Crippen LogP contribution in [0, 0.1) is 19.7 Å². The van der Waals surface area contributed by atoms with Crippen LogP contribution >= 0.6 is 0 Å². The average molecular weight is 259 g/mol. The first kappa shape index (κ1) is 13.4. The van der Waals surface area contributed by atoms with Crippen LogP contribution < -0.4 is 10.1 Å². The topological polar surface area (TPSA) is 21.3 Å². The zero-order valence-corrected chi connectivity index (χ0v) is 11.2. The van der Waals surface area contributed by atoms with Crippen molar-refractivity contribution >= 4 is 5.69 Å². The lowest BCUT2D eigenvalue weighted by Gasteiger charge is -2.10. The molecule has 0 aliphatic rings. The molecule has 0 atom stereocenters. The summed E-state index contributed by atoms with van der Waals surface area (Å²) in [5.74, 6) is 0.0316. The molecule has 0 saturated heterocycles. The van der Waals surface area contributed by atoms with Crippen molar-refractivity contribution in [1.82, 2.24) is 0 Å². The lowest BCUT2D eigenvalue weighted by atomic mass is 10.2. The molecule has 0 saturated carbocycles. The highest BCUT2D eigenvalue weighted by molar-refractivity contribution is 5.45. The van der Waals surface area contributed by atoms with E-state index in [0.717, 1.165) is 5.69 Å². The first-order valence-electron chi connectivity index (χ1n) is 6.35. The van der Waals surface area contributed by atoms with Crippen LogP contribution in [0.25, 0.3) is 0 Å². The van der Waals surface area contributed by atoms with Gasteiger partial charge in [0.15, 0.2) is 11.6 Å². The lowest BCUT2D eigenvalue weighted by Crippen LogP contribution is -2.12. The average Bonchev–Trinajstić information content (AvgIpc) is 2.39. The maximum Gasteiger partial charge on any atom is 0.167 e. The van der Waals surface area contributed by atoms with Crippen molar-refractivity contribution in [3.05, 3.63) is 59.4 Å². The number of aryl methyl sites for hydroxylation is 2. The van der Waals surface area contributed by atoms with E-state index in [1.165, 1.54) is 5.56 Å². The maximum atomic E-state index is 13.7. The molecule has 0 aliphatic heterocycles. The monoisotopic (exact) mass is 259 g/mol. The van der Waals surface area contributed by atoms with Gasteiger partial charge in [0.2, 0.25) is 0 Å². The van der Waals surface area contributed by atoms with Gasteiger partial charge in [-0.25, -0.2) is 4.39 Å². The largest absolute Gasteiger partial charge is 0.489 e. The maximum absolute atomic E-state index is 13.7. The van der Waals surface area contributed by atoms with Crippen LogP contribution in [0.2, 0.25) is 0 Å². The Morgan fingerprint density at radius 2 is 1.89 bits per heavy atom. The van der Waals surface area contributed by atoms with Crippen LogP contribution in [-0.4, -0.2) is 13.2 Å². The molecule has 19 heavy (non-hydrogen) atoms. The molecule has 2 aromatic carbocycles. The van der Waals surface area contributed by atoms with Crippen molar-refractivity contribution in [1.29, 1.82) is 0 Å². The second-order valence-corrected chi connectivity index (χ2v) is 4.53. The third kappa shape index (κ3) is 3.71. The van der Waals surface area contributed by atoms with E-state index in [2.05, 4.69) is 11.4 Å². The highest BCUT2D eigenvalue weighted by Crippen LogP contribution is 2.19. The minimum atomic E-state index is -0.280. The number of anilines is 1. The summed E-state index contributed by atoms with van der Waals surface area (Å²) in [6.45, 7) is 4.84. The fourth-order valence-electron chi connectivity index (χ4n) is 1.84. The van der Waals surface area contributed by atoms with Crippen LogP contribution in [0.5, 0.6) is 5.75 Å². The predicted octanol–water partition coefficient (Wildman–Crippen LogP) is 3.93. The summed E-state index contributed by atoms with van der Waals surface area (Å²) >= 11 is 0. The fourth-order valence-corrected chi connectivity index (χ4v) is 1.84. The van der Waals surface area contributed by atoms with Crippen molar-refractivity contribution < 1.29 is 9.13 Å². The smallest absolute Gasteiger partial charge is 0.167 e. The normalized spacial score (nSPS) is 10.3. The van der Waals surface area contributed by atoms with Gasteiger partial charge in [0.1, 0.15) is 6.61 Å². The van der Waals surface area contributed by atoms with Gasteiger partial charge in [0.05, 0.1) is 0 Å². The molecule has 2 nitrogen and oxygen atoms in total. The summed E-state index contributed by atoms with van der Waals surface area (Å²) in [6.07, 6.45) is 0. The lowest BCUT2D eigenvalue weighted by molar-refractivity contribution is 0.314. The van der Waals surface area contributed by atoms with Gasteiger partial charge in [-0.3, -0.25) is 0 Å². The molecule has 3 heteroatoms. The molecule has 0 unspecified atom stereocenters. The van der Waals surface area contributed by atoms with Gasteiger partial charge in [0, 0.05) is 12.2 Å². The summed E-state index contributed by atoms with van der Waals surface area (Å²) in [7, 11) is 0. The molecule has 0 amide bonds. The van der Waals surface area contributed by atoms with E-state index < -0.39 is 0 Å². The highest BCUT2D eigenvalue weighted by atomic mass is 19.1. The second-order valence-electron chi connectivity index (χ2n) is 4.53. The van der Waals surface area contributed by atoms with Gasteiger partial charge in [-0.1, -0.05) is 24.3 Å². The fraction of sp³-hybridized carbons (Fsp3) is 0.250. The van der Waals surface area contributed by atoms with Crippen molar-refractivity contribution in [2.45, 2.75) is 13.8 Å². The Hall–Kier alpha value is -2.03. The van der Waals surface area contributed by atoms with Gasteiger partial charge in [-0.2, -0.15) is 0 Å². The van der Waals surface area contributed by atoms with Crippen LogP contribution in [0.4, 0.5) is 10.1 Å². The number of ether oxygens (including phenoxy) is 1. The quantitative estimate of drug-likeness (QED) is 0.821. The standard InChI is InChI=1S/C16H18FNO/c1-12-5-3-7-14(11-12)18-9-10-19-15-8-4-6-13(2)16(15)17/h3-8,11,18H,9-10H2,1-2H3. The third-order valence-corrected chi connectivity index (χ3v) is 2.86. The summed E-state index contributed by atoms with van der Waals surface area (Å²) in [6, 6.07) is 13.3. The van der Waals surface area contributed by atoms with Crippen molar-refractivity contribution in [2.75, 3.05) is 18.5 Å². The number of hydrogen-bond acceptors (Lipinski definition) is 2. The van der Waals surface area contributed by atoms with Crippen molar-refractivity contribution in [3.63, 3.8) is 0 Å². The molecule has 0 heterocycles. The Bertz CT molecular complexity index is 554. The molecule has 0 bridgehead atoms. The highest BCUT2D eigenvalue weighted by Gasteiger charge is 2.04. The number of halogens is 1. The molecular formula is C16H18FNO. The van der Waals surface area contributed by atoms with Gasteiger partial charge in [0.25, 0.3) is 0 Å². The minimum absolute atomic E-state index is 0.280. The Kier molecular flexibility index (Phi) is 4.39. The summed E-state index contributed by atoms with van der Waals surface area (Å²) in [5.41, 5.74) is 2.85. The number of rotatable bonds is 5. The van der Waals surface area contributed by atoms with Gasteiger partial charge in [-0.05, 0) is 43.2 Å². The van der Waals surface area contributed by atoms with Crippen LogP contribution in [0.1, 0.15) is 11.1 Å². The van der Waals surface area contributed by atoms with E-state index in [1.807, 2.05) is 25.1 Å². The van der Waals surface area contributed by atoms with Gasteiger partial charge in [-0.15, -0.1) is 0 Å². The van der Waals surface area contributed by atoms with Gasteiger partial charge >= 0.3 is 0 Å². The first-order chi connectivity index (χ1) is 9.16. The summed E-state index contributed by atoms with van der Waals surface area (Å²) in [4.78, 5) is 0. The zero-order valence-electron chi connectivity index (χ0n) is 11.2. The molecule has 0 fully saturated rings. The van der Waals surface area contributed by atoms with Crippen molar-refractivity contribution in [2.24, 2.45) is 0 Å². The summed E-state index contributed by atoms with van der Waals surface area (Å²) < 4.78 is 19.1. The summed E-state index contributed by atoms with van der Waals surface area (Å²) in [5, 5.41) is 3.24. The molecule has 2 rings (SSSR count). The SMILES string of the molecule is Cc1cccc(NCCOc2cccc(C)c2F)c1. The molecule has 2 aromatic rings. The Morgan fingerprint density at radius 3 is 2.68 bits per heavy atom. The Morgan fingerprint density at radius 1 is 1.11 bits per heavy atom. The molecular weight excluding hydrogens is 241 g/mol. The molecule has 1 N–H and O–H groups in total. The molecule has 100 valence electrons. The van der Waals surface area contributed by atoms with E-state index in [1.54, 1.807) is 25.1 Å². The van der Waals surface area contributed by atoms with E-state index in [0.29, 0.717) is 24.5 Å². The predicted molar refractivity (Wildman–Crippen MR) is 76.3 cm³/mol. The Labute approximate surface area is 113 Å². The molecule has 0 aromatic heterocycles. The van der Waals surface area contributed by atoms with Gasteiger partial charge < -0.3 is 10.1 Å². The Balaban J connectivity index is 1.82. The van der Waals surface area contributed by atoms with E-state index in [9.17, 15) is 4.39 Å². The third-order valence-electron chi connectivity index (χ3n) is 2.86. The molecule has 0 aliphatic carbocycles. The van der Waals surface area contributed by atoms with Crippen LogP contribution in [0.3, 0.4) is 0 Å². The number of hydrogen-bond donors (Lipinski definition) is 1. The minimum Gasteiger partial charge on any atom is -0.489 e. The number of benzene rings is 2. The first-order valence-corrected chi connectivity index (χ1v) is 6.35. The number of nitrogens with one attached hydrogen (secondary N) is 1.